The summed E-state index contributed by atoms with van der Waals surface area (Å²) in [5.74, 6) is 0. The Labute approximate surface area is 122 Å². The highest BCUT2D eigenvalue weighted by molar-refractivity contribution is 7.16. The van der Waals surface area contributed by atoms with Gasteiger partial charge in [-0.25, -0.2) is 0 Å². The van der Waals surface area contributed by atoms with Gasteiger partial charge in [-0.1, -0.05) is 11.6 Å². The molecular weight excluding hydrogens is 278 g/mol. The van der Waals surface area contributed by atoms with E-state index in [0.29, 0.717) is 0 Å². The molecule has 1 unspecified atom stereocenters. The van der Waals surface area contributed by atoms with Crippen molar-refractivity contribution in [2.45, 2.75) is 45.3 Å². The highest BCUT2D eigenvalue weighted by Crippen LogP contribution is 2.32. The van der Waals surface area contributed by atoms with Gasteiger partial charge in [-0.2, -0.15) is 0 Å². The number of aliphatic hydroxyl groups is 1. The molecule has 3 rings (SSSR count). The third-order valence-electron chi connectivity index (χ3n) is 3.91. The van der Waals surface area contributed by atoms with Crippen LogP contribution in [0.3, 0.4) is 0 Å². The molecule has 1 N–H and O–H groups in total. The highest BCUT2D eigenvalue weighted by atomic mass is 35.5. The van der Waals surface area contributed by atoms with Crippen LogP contribution in [0.5, 0.6) is 0 Å². The summed E-state index contributed by atoms with van der Waals surface area (Å²) in [6, 6.07) is 6.22. The van der Waals surface area contributed by atoms with E-state index in [4.69, 9.17) is 11.6 Å². The Bertz CT molecular complexity index is 587. The lowest BCUT2D eigenvalue weighted by Gasteiger charge is -2.20. The summed E-state index contributed by atoms with van der Waals surface area (Å²) in [6.07, 6.45) is 3.82. The van der Waals surface area contributed by atoms with Gasteiger partial charge in [0.15, 0.2) is 0 Å². The van der Waals surface area contributed by atoms with E-state index >= 15 is 0 Å². The average molecular weight is 296 g/mol. The minimum atomic E-state index is -0.264. The zero-order valence-electron chi connectivity index (χ0n) is 11.0. The molecule has 0 aliphatic heterocycles. The maximum Gasteiger partial charge on any atom is 0.0931 e. The van der Waals surface area contributed by atoms with Crippen LogP contribution in [0.1, 0.15) is 40.8 Å². The number of aryl methyl sites for hydroxylation is 2. The highest BCUT2D eigenvalue weighted by Gasteiger charge is 2.22. The second-order valence-electron chi connectivity index (χ2n) is 5.20. The molecule has 0 fully saturated rings. The summed E-state index contributed by atoms with van der Waals surface area (Å²) in [7, 11) is 0. The topological polar surface area (TPSA) is 25.2 Å². The number of halogens is 1. The number of thiophene rings is 1. The predicted molar refractivity (Wildman–Crippen MR) is 80.1 cm³/mol. The quantitative estimate of drug-likeness (QED) is 0.905. The van der Waals surface area contributed by atoms with Gasteiger partial charge in [0.25, 0.3) is 0 Å². The normalized spacial score (nSPS) is 18.6. The van der Waals surface area contributed by atoms with Crippen LogP contribution in [0.25, 0.3) is 0 Å². The van der Waals surface area contributed by atoms with Crippen LogP contribution in [-0.4, -0.2) is 9.67 Å². The largest absolute Gasteiger partial charge is 0.388 e. The Morgan fingerprint density at radius 2 is 2.32 bits per heavy atom. The summed E-state index contributed by atoms with van der Waals surface area (Å²) in [6.45, 7) is 3.11. The zero-order chi connectivity index (χ0) is 13.4. The molecule has 0 radical (unpaired) electrons. The number of hydrogen-bond acceptors (Lipinski definition) is 2. The summed E-state index contributed by atoms with van der Waals surface area (Å²) >= 11 is 7.62. The SMILES string of the molecule is Cc1cc2c(n1CCc1ccc(Cl)s1)CCCC2O. The Morgan fingerprint density at radius 1 is 1.47 bits per heavy atom. The number of aromatic nitrogens is 1. The van der Waals surface area contributed by atoms with Gasteiger partial charge in [0.05, 0.1) is 10.4 Å². The fourth-order valence-electron chi connectivity index (χ4n) is 2.96. The number of rotatable bonds is 3. The van der Waals surface area contributed by atoms with Crippen molar-refractivity contribution in [2.75, 3.05) is 0 Å². The van der Waals surface area contributed by atoms with Crippen molar-refractivity contribution >= 4 is 22.9 Å². The van der Waals surface area contributed by atoms with Crippen LogP contribution in [0.4, 0.5) is 0 Å². The van der Waals surface area contributed by atoms with Crippen molar-refractivity contribution in [1.82, 2.24) is 4.57 Å². The third-order valence-corrected chi connectivity index (χ3v) is 5.20. The lowest BCUT2D eigenvalue weighted by Crippen LogP contribution is -2.13. The predicted octanol–water partition coefficient (Wildman–Crippen LogP) is 4.12. The van der Waals surface area contributed by atoms with E-state index in [1.165, 1.54) is 16.3 Å². The van der Waals surface area contributed by atoms with Crippen LogP contribution < -0.4 is 0 Å². The molecule has 0 saturated carbocycles. The molecule has 2 nitrogen and oxygen atoms in total. The number of aliphatic hydroxyl groups excluding tert-OH is 1. The molecule has 0 spiro atoms. The Balaban J connectivity index is 1.81. The summed E-state index contributed by atoms with van der Waals surface area (Å²) in [5.41, 5.74) is 3.74. The molecule has 0 bridgehead atoms. The Kier molecular flexibility index (Phi) is 3.70. The fraction of sp³-hybridized carbons (Fsp3) is 0.467. The van der Waals surface area contributed by atoms with E-state index in [-0.39, 0.29) is 6.10 Å². The molecule has 2 heterocycles. The van der Waals surface area contributed by atoms with Crippen LogP contribution in [0, 0.1) is 6.92 Å². The minimum absolute atomic E-state index is 0.264. The van der Waals surface area contributed by atoms with E-state index < -0.39 is 0 Å². The molecule has 2 aromatic heterocycles. The molecular formula is C15H18ClNOS. The van der Waals surface area contributed by atoms with E-state index in [2.05, 4.69) is 23.6 Å². The van der Waals surface area contributed by atoms with E-state index in [1.54, 1.807) is 11.3 Å². The molecule has 4 heteroatoms. The molecule has 19 heavy (non-hydrogen) atoms. The van der Waals surface area contributed by atoms with E-state index in [9.17, 15) is 5.11 Å². The van der Waals surface area contributed by atoms with Crippen molar-refractivity contribution in [3.05, 3.63) is 44.4 Å². The van der Waals surface area contributed by atoms with Gasteiger partial charge in [0.1, 0.15) is 0 Å². The summed E-state index contributed by atoms with van der Waals surface area (Å²) in [4.78, 5) is 1.32. The average Bonchev–Trinajstić information content (AvgIpc) is 2.92. The monoisotopic (exact) mass is 295 g/mol. The van der Waals surface area contributed by atoms with Crippen molar-refractivity contribution in [2.24, 2.45) is 0 Å². The number of hydrogen-bond donors (Lipinski definition) is 1. The van der Waals surface area contributed by atoms with Gasteiger partial charge in [-0.15, -0.1) is 11.3 Å². The second kappa shape index (κ2) is 5.31. The Morgan fingerprint density at radius 3 is 3.05 bits per heavy atom. The van der Waals surface area contributed by atoms with Gasteiger partial charge >= 0.3 is 0 Å². The smallest absolute Gasteiger partial charge is 0.0931 e. The fourth-order valence-corrected chi connectivity index (χ4v) is 4.04. The first-order valence-electron chi connectivity index (χ1n) is 6.76. The van der Waals surface area contributed by atoms with Crippen molar-refractivity contribution in [3.8, 4) is 0 Å². The second-order valence-corrected chi connectivity index (χ2v) is 7.00. The summed E-state index contributed by atoms with van der Waals surface area (Å²) < 4.78 is 3.22. The standard InChI is InChI=1S/C15H18ClNOS/c1-10-9-12-13(3-2-4-14(12)18)17(10)8-7-11-5-6-15(16)19-11/h5-6,9,14,18H,2-4,7-8H2,1H3. The van der Waals surface area contributed by atoms with Gasteiger partial charge in [-0.3, -0.25) is 0 Å². The third kappa shape index (κ3) is 2.60. The maximum atomic E-state index is 10.1. The van der Waals surface area contributed by atoms with Gasteiger partial charge < -0.3 is 9.67 Å². The molecule has 0 amide bonds. The molecule has 1 aliphatic rings. The van der Waals surface area contributed by atoms with Crippen LogP contribution in [0.2, 0.25) is 4.34 Å². The lowest BCUT2D eigenvalue weighted by atomic mass is 9.95. The molecule has 1 atom stereocenters. The maximum absolute atomic E-state index is 10.1. The summed E-state index contributed by atoms with van der Waals surface area (Å²) in [5, 5.41) is 10.1. The molecule has 1 aliphatic carbocycles. The van der Waals surface area contributed by atoms with E-state index in [0.717, 1.165) is 42.1 Å². The number of fused-ring (bicyclic) bond motifs is 1. The molecule has 2 aromatic rings. The van der Waals surface area contributed by atoms with Crippen molar-refractivity contribution < 1.29 is 5.11 Å². The van der Waals surface area contributed by atoms with E-state index in [1.807, 2.05) is 6.07 Å². The lowest BCUT2D eigenvalue weighted by molar-refractivity contribution is 0.155. The van der Waals surface area contributed by atoms with Crippen molar-refractivity contribution in [1.29, 1.82) is 0 Å². The van der Waals surface area contributed by atoms with Crippen molar-refractivity contribution in [3.63, 3.8) is 0 Å². The minimum Gasteiger partial charge on any atom is -0.388 e. The van der Waals surface area contributed by atoms with Gasteiger partial charge in [0.2, 0.25) is 0 Å². The molecule has 102 valence electrons. The van der Waals surface area contributed by atoms with Crippen LogP contribution >= 0.6 is 22.9 Å². The first-order valence-corrected chi connectivity index (χ1v) is 7.96. The van der Waals surface area contributed by atoms with Gasteiger partial charge in [-0.05, 0) is 50.8 Å². The van der Waals surface area contributed by atoms with Gasteiger partial charge in [0, 0.05) is 28.4 Å². The first-order chi connectivity index (χ1) is 9.15. The zero-order valence-corrected chi connectivity index (χ0v) is 12.6. The van der Waals surface area contributed by atoms with Crippen LogP contribution in [0.15, 0.2) is 18.2 Å². The Hall–Kier alpha value is -0.770. The van der Waals surface area contributed by atoms with Crippen LogP contribution in [-0.2, 0) is 19.4 Å². The number of nitrogens with zero attached hydrogens (tertiary/aromatic N) is 1. The molecule has 0 aromatic carbocycles. The molecule has 0 saturated heterocycles. The first kappa shape index (κ1) is 13.2.